The highest BCUT2D eigenvalue weighted by molar-refractivity contribution is 5.77. The Kier molecular flexibility index (Phi) is 4.22. The van der Waals surface area contributed by atoms with Crippen LogP contribution in [0.5, 0.6) is 0 Å². The Morgan fingerprint density at radius 2 is 2.20 bits per heavy atom. The summed E-state index contributed by atoms with van der Waals surface area (Å²) >= 11 is 0. The first-order chi connectivity index (χ1) is 9.45. The van der Waals surface area contributed by atoms with E-state index in [1.54, 1.807) is 16.8 Å². The fourth-order valence-electron chi connectivity index (χ4n) is 2.38. The number of nitrogens with one attached hydrogen (secondary N) is 1. The normalized spacial score (nSPS) is 21.1. The van der Waals surface area contributed by atoms with E-state index in [0.717, 1.165) is 11.4 Å². The average molecular weight is 277 g/mol. The number of hydrogen-bond acceptors (Lipinski definition) is 3. The van der Waals surface area contributed by atoms with E-state index in [1.807, 2.05) is 19.9 Å². The smallest absolute Gasteiger partial charge is 0.310 e. The Morgan fingerprint density at radius 3 is 2.75 bits per heavy atom. The van der Waals surface area contributed by atoms with Crippen LogP contribution in [0.1, 0.15) is 24.2 Å². The summed E-state index contributed by atoms with van der Waals surface area (Å²) in [5.74, 6) is -1.42. The van der Waals surface area contributed by atoms with Crippen molar-refractivity contribution in [3.63, 3.8) is 0 Å². The SMILES string of the molecule is Cc1cc(C)n(CCC(=O)NC2C=CC(C(=O)O)C2)n1. The largest absolute Gasteiger partial charge is 0.481 e. The van der Waals surface area contributed by atoms with E-state index in [9.17, 15) is 9.59 Å². The molecule has 6 nitrogen and oxygen atoms in total. The number of carboxylic acids is 1. The van der Waals surface area contributed by atoms with E-state index in [4.69, 9.17) is 5.11 Å². The van der Waals surface area contributed by atoms with Gasteiger partial charge in [-0.1, -0.05) is 12.2 Å². The standard InChI is InChI=1S/C14H19N3O3/c1-9-7-10(2)17(16-9)6-5-13(18)15-12-4-3-11(8-12)14(19)20/h3-4,7,11-12H,5-6,8H2,1-2H3,(H,15,18)(H,19,20). The molecule has 0 spiro atoms. The molecule has 20 heavy (non-hydrogen) atoms. The molecule has 0 saturated heterocycles. The number of aliphatic carboxylic acids is 1. The maximum atomic E-state index is 11.8. The van der Waals surface area contributed by atoms with Gasteiger partial charge in [-0.2, -0.15) is 5.10 Å². The van der Waals surface area contributed by atoms with E-state index in [-0.39, 0.29) is 11.9 Å². The maximum absolute atomic E-state index is 11.8. The molecule has 1 heterocycles. The molecule has 0 bridgehead atoms. The second-order valence-electron chi connectivity index (χ2n) is 5.14. The summed E-state index contributed by atoms with van der Waals surface area (Å²) in [6, 6.07) is 1.79. The molecule has 1 aromatic heterocycles. The fraction of sp³-hybridized carbons (Fsp3) is 0.500. The lowest BCUT2D eigenvalue weighted by Gasteiger charge is -2.12. The van der Waals surface area contributed by atoms with Gasteiger partial charge in [-0.25, -0.2) is 0 Å². The van der Waals surface area contributed by atoms with Crippen LogP contribution in [0.3, 0.4) is 0 Å². The maximum Gasteiger partial charge on any atom is 0.310 e. The van der Waals surface area contributed by atoms with Crippen LogP contribution in [0.2, 0.25) is 0 Å². The summed E-state index contributed by atoms with van der Waals surface area (Å²) in [6.07, 6.45) is 4.15. The molecular weight excluding hydrogens is 258 g/mol. The number of aryl methyl sites for hydroxylation is 3. The summed E-state index contributed by atoms with van der Waals surface area (Å²) in [7, 11) is 0. The topological polar surface area (TPSA) is 84.2 Å². The molecule has 1 aliphatic rings. The highest BCUT2D eigenvalue weighted by atomic mass is 16.4. The van der Waals surface area contributed by atoms with Crippen LogP contribution in [-0.4, -0.2) is 32.8 Å². The van der Waals surface area contributed by atoms with Crippen LogP contribution in [0.15, 0.2) is 18.2 Å². The average Bonchev–Trinajstić information content (AvgIpc) is 2.94. The molecule has 108 valence electrons. The van der Waals surface area contributed by atoms with E-state index in [1.165, 1.54) is 0 Å². The molecule has 0 fully saturated rings. The number of hydrogen-bond donors (Lipinski definition) is 2. The first-order valence-corrected chi connectivity index (χ1v) is 6.67. The van der Waals surface area contributed by atoms with Crippen LogP contribution in [0, 0.1) is 19.8 Å². The highest BCUT2D eigenvalue weighted by Gasteiger charge is 2.25. The Bertz CT molecular complexity index is 548. The molecular formula is C14H19N3O3. The lowest BCUT2D eigenvalue weighted by atomic mass is 10.1. The number of aromatic nitrogens is 2. The predicted molar refractivity (Wildman–Crippen MR) is 73.1 cm³/mol. The number of carbonyl (C=O) groups excluding carboxylic acids is 1. The molecule has 1 aliphatic carbocycles. The summed E-state index contributed by atoms with van der Waals surface area (Å²) < 4.78 is 1.81. The van der Waals surface area contributed by atoms with E-state index < -0.39 is 11.9 Å². The molecule has 0 aliphatic heterocycles. The Balaban J connectivity index is 1.78. The Morgan fingerprint density at radius 1 is 1.45 bits per heavy atom. The zero-order chi connectivity index (χ0) is 14.7. The van der Waals surface area contributed by atoms with Gasteiger partial charge in [0.15, 0.2) is 0 Å². The van der Waals surface area contributed by atoms with Crippen LogP contribution < -0.4 is 5.32 Å². The molecule has 2 rings (SSSR count). The lowest BCUT2D eigenvalue weighted by molar-refractivity contribution is -0.140. The van der Waals surface area contributed by atoms with E-state index in [0.29, 0.717) is 19.4 Å². The van der Waals surface area contributed by atoms with Crippen LogP contribution in [0.25, 0.3) is 0 Å². The number of rotatable bonds is 5. The van der Waals surface area contributed by atoms with Gasteiger partial charge in [0.2, 0.25) is 5.91 Å². The third-order valence-corrected chi connectivity index (χ3v) is 3.40. The first-order valence-electron chi connectivity index (χ1n) is 6.67. The number of carbonyl (C=O) groups is 2. The van der Waals surface area contributed by atoms with Gasteiger partial charge in [-0.3, -0.25) is 14.3 Å². The Hall–Kier alpha value is -2.11. The first kappa shape index (κ1) is 14.3. The van der Waals surface area contributed by atoms with Gasteiger partial charge >= 0.3 is 5.97 Å². The zero-order valence-electron chi connectivity index (χ0n) is 11.7. The van der Waals surface area contributed by atoms with Crippen molar-refractivity contribution < 1.29 is 14.7 Å². The predicted octanol–water partition coefficient (Wildman–Crippen LogP) is 1.04. The number of carboxylic acid groups (broad SMARTS) is 1. The highest BCUT2D eigenvalue weighted by Crippen LogP contribution is 2.18. The van der Waals surface area contributed by atoms with Gasteiger partial charge < -0.3 is 10.4 Å². The van der Waals surface area contributed by atoms with Crippen molar-refractivity contribution in [3.05, 3.63) is 29.6 Å². The van der Waals surface area contributed by atoms with Crippen molar-refractivity contribution in [2.45, 2.75) is 39.3 Å². The monoisotopic (exact) mass is 277 g/mol. The van der Waals surface area contributed by atoms with Crippen molar-refractivity contribution in [3.8, 4) is 0 Å². The number of nitrogens with zero attached hydrogens (tertiary/aromatic N) is 2. The number of amides is 1. The molecule has 2 N–H and O–H groups in total. The van der Waals surface area contributed by atoms with Gasteiger partial charge in [0.05, 0.1) is 11.6 Å². The van der Waals surface area contributed by atoms with Gasteiger partial charge in [-0.05, 0) is 26.3 Å². The molecule has 2 unspecified atom stereocenters. The van der Waals surface area contributed by atoms with Crippen molar-refractivity contribution in [1.82, 2.24) is 15.1 Å². The third kappa shape index (κ3) is 3.46. The van der Waals surface area contributed by atoms with Gasteiger partial charge in [0.1, 0.15) is 0 Å². The second kappa shape index (κ2) is 5.90. The van der Waals surface area contributed by atoms with Gasteiger partial charge in [0, 0.05) is 24.7 Å². The van der Waals surface area contributed by atoms with Gasteiger partial charge in [-0.15, -0.1) is 0 Å². The lowest BCUT2D eigenvalue weighted by Crippen LogP contribution is -2.33. The fourth-order valence-corrected chi connectivity index (χ4v) is 2.38. The summed E-state index contributed by atoms with van der Waals surface area (Å²) in [4.78, 5) is 22.6. The molecule has 2 atom stereocenters. The van der Waals surface area contributed by atoms with E-state index in [2.05, 4.69) is 10.4 Å². The molecule has 6 heteroatoms. The van der Waals surface area contributed by atoms with E-state index >= 15 is 0 Å². The summed E-state index contributed by atoms with van der Waals surface area (Å²) in [5.41, 5.74) is 1.97. The Labute approximate surface area is 117 Å². The molecule has 1 aromatic rings. The van der Waals surface area contributed by atoms with Gasteiger partial charge in [0.25, 0.3) is 0 Å². The minimum absolute atomic E-state index is 0.0850. The van der Waals surface area contributed by atoms with Crippen LogP contribution in [0.4, 0.5) is 0 Å². The molecule has 1 amide bonds. The minimum Gasteiger partial charge on any atom is -0.481 e. The van der Waals surface area contributed by atoms with Crippen molar-refractivity contribution in [2.24, 2.45) is 5.92 Å². The molecule has 0 saturated carbocycles. The van der Waals surface area contributed by atoms with Crippen LogP contribution in [-0.2, 0) is 16.1 Å². The summed E-state index contributed by atoms with van der Waals surface area (Å²) in [6.45, 7) is 4.40. The molecule has 0 radical (unpaired) electrons. The van der Waals surface area contributed by atoms with Crippen molar-refractivity contribution in [2.75, 3.05) is 0 Å². The minimum atomic E-state index is -0.847. The van der Waals surface area contributed by atoms with Crippen molar-refractivity contribution in [1.29, 1.82) is 0 Å². The second-order valence-corrected chi connectivity index (χ2v) is 5.14. The third-order valence-electron chi connectivity index (χ3n) is 3.40. The zero-order valence-corrected chi connectivity index (χ0v) is 11.7. The van der Waals surface area contributed by atoms with Crippen molar-refractivity contribution >= 4 is 11.9 Å². The molecule has 0 aromatic carbocycles. The quantitative estimate of drug-likeness (QED) is 0.787. The summed E-state index contributed by atoms with van der Waals surface area (Å²) in [5, 5.41) is 16.0. The van der Waals surface area contributed by atoms with Crippen LogP contribution >= 0.6 is 0 Å².